The first-order valence-electron chi connectivity index (χ1n) is 9.48. The normalized spacial score (nSPS) is 12.0. The van der Waals surface area contributed by atoms with Gasteiger partial charge in [0.05, 0.1) is 17.0 Å². The molecule has 0 atom stereocenters. The Bertz CT molecular complexity index is 1150. The number of methoxy groups -OCH3 is 1. The Morgan fingerprint density at radius 2 is 1.97 bits per heavy atom. The number of nitrogens with one attached hydrogen (secondary N) is 1. The third kappa shape index (κ3) is 4.80. The number of aromatic amines is 1. The van der Waals surface area contributed by atoms with Gasteiger partial charge in [-0.15, -0.1) is 11.3 Å². The minimum Gasteiger partial charge on any atom is -0.459 e. The highest BCUT2D eigenvalue weighted by atomic mass is 35.5. The maximum Gasteiger partial charge on any atom is 0.348 e. The van der Waals surface area contributed by atoms with E-state index in [1.165, 1.54) is 12.7 Å². The van der Waals surface area contributed by atoms with Gasteiger partial charge in [0.25, 0.3) is 5.56 Å². The van der Waals surface area contributed by atoms with Gasteiger partial charge in [0.1, 0.15) is 16.3 Å². The number of rotatable bonds is 7. The molecule has 0 spiro atoms. The van der Waals surface area contributed by atoms with E-state index < -0.39 is 5.97 Å². The Kier molecular flexibility index (Phi) is 7.07. The molecule has 0 saturated carbocycles. The van der Waals surface area contributed by atoms with Crippen molar-refractivity contribution >= 4 is 50.2 Å². The summed E-state index contributed by atoms with van der Waals surface area (Å²) in [7, 11) is 1.53. The molecule has 0 bridgehead atoms. The molecule has 3 aromatic rings. The van der Waals surface area contributed by atoms with Gasteiger partial charge < -0.3 is 14.5 Å². The number of hydrogen-bond acceptors (Lipinski definition) is 6. The average molecular weight is 447 g/mol. The summed E-state index contributed by atoms with van der Waals surface area (Å²) in [4.78, 5) is 32.9. The molecule has 0 saturated heterocycles. The van der Waals surface area contributed by atoms with E-state index in [0.29, 0.717) is 38.2 Å². The highest BCUT2D eigenvalue weighted by molar-refractivity contribution is 7.20. The van der Waals surface area contributed by atoms with Crippen LogP contribution < -0.4 is 5.56 Å². The fourth-order valence-electron chi connectivity index (χ4n) is 2.93. The summed E-state index contributed by atoms with van der Waals surface area (Å²) in [6.07, 6.45) is 1.75. The SMILES string of the molecule is COCCOC(=O)c1sc2nc(/C(Cl)=C/c3ccc(C(C)C)cc3)[nH]c(=O)c2c1C. The Morgan fingerprint density at radius 3 is 2.60 bits per heavy atom. The van der Waals surface area contributed by atoms with Crippen LogP contribution in [0.15, 0.2) is 29.1 Å². The quantitative estimate of drug-likeness (QED) is 0.410. The lowest BCUT2D eigenvalue weighted by molar-refractivity contribution is 0.0393. The van der Waals surface area contributed by atoms with Gasteiger partial charge in [-0.3, -0.25) is 4.79 Å². The largest absolute Gasteiger partial charge is 0.459 e. The fourth-order valence-corrected chi connectivity index (χ4v) is 4.22. The standard InChI is InChI=1S/C22H23ClN2O4S/c1-12(2)15-7-5-14(6-8-15)11-16(23)19-24-20(26)17-13(3)18(30-21(17)25-19)22(27)29-10-9-28-4/h5-8,11-12H,9-10H2,1-4H3,(H,24,25,26)/b16-11-. The first-order chi connectivity index (χ1) is 14.3. The molecule has 0 radical (unpaired) electrons. The summed E-state index contributed by atoms with van der Waals surface area (Å²) >= 11 is 7.55. The number of benzene rings is 1. The maximum absolute atomic E-state index is 12.6. The molecule has 2 aromatic heterocycles. The molecule has 8 heteroatoms. The van der Waals surface area contributed by atoms with Crippen molar-refractivity contribution in [1.82, 2.24) is 9.97 Å². The Balaban J connectivity index is 1.93. The number of carbonyl (C=O) groups is 1. The van der Waals surface area contributed by atoms with E-state index in [-0.39, 0.29) is 18.0 Å². The number of halogens is 1. The number of esters is 1. The molecule has 2 heterocycles. The number of aromatic nitrogens is 2. The van der Waals surface area contributed by atoms with Crippen molar-refractivity contribution in [2.24, 2.45) is 0 Å². The molecule has 0 fully saturated rings. The Morgan fingerprint density at radius 1 is 1.27 bits per heavy atom. The predicted octanol–water partition coefficient (Wildman–Crippen LogP) is 4.96. The molecule has 30 heavy (non-hydrogen) atoms. The zero-order valence-electron chi connectivity index (χ0n) is 17.2. The summed E-state index contributed by atoms with van der Waals surface area (Å²) in [5.74, 6) is 0.194. The molecule has 158 valence electrons. The van der Waals surface area contributed by atoms with Gasteiger partial charge in [0, 0.05) is 7.11 Å². The van der Waals surface area contributed by atoms with Crippen molar-refractivity contribution < 1.29 is 14.3 Å². The van der Waals surface area contributed by atoms with Gasteiger partial charge in [0.2, 0.25) is 0 Å². The van der Waals surface area contributed by atoms with E-state index in [9.17, 15) is 9.59 Å². The second-order valence-electron chi connectivity index (χ2n) is 7.09. The molecule has 3 rings (SSSR count). The molecule has 0 amide bonds. The van der Waals surface area contributed by atoms with Crippen molar-refractivity contribution in [3.63, 3.8) is 0 Å². The second-order valence-corrected chi connectivity index (χ2v) is 8.50. The third-order valence-electron chi connectivity index (χ3n) is 4.63. The first kappa shape index (κ1) is 22.2. The number of fused-ring (bicyclic) bond motifs is 1. The minimum atomic E-state index is -0.500. The van der Waals surface area contributed by atoms with Gasteiger partial charge in [-0.05, 0) is 35.6 Å². The third-order valence-corrected chi connectivity index (χ3v) is 6.08. The summed E-state index contributed by atoms with van der Waals surface area (Å²) in [5, 5.41) is 0.676. The first-order valence-corrected chi connectivity index (χ1v) is 10.7. The molecule has 6 nitrogen and oxygen atoms in total. The van der Waals surface area contributed by atoms with Gasteiger partial charge >= 0.3 is 5.97 Å². The minimum absolute atomic E-state index is 0.141. The van der Waals surface area contributed by atoms with Crippen molar-refractivity contribution in [1.29, 1.82) is 0 Å². The Hall–Kier alpha value is -2.48. The number of thiophene rings is 1. The van der Waals surface area contributed by atoms with Crippen LogP contribution in [0.2, 0.25) is 0 Å². The summed E-state index contributed by atoms with van der Waals surface area (Å²) in [6.45, 7) is 6.41. The summed E-state index contributed by atoms with van der Waals surface area (Å²) < 4.78 is 10.1. The van der Waals surface area contributed by atoms with Crippen molar-refractivity contribution in [2.45, 2.75) is 26.7 Å². The van der Waals surface area contributed by atoms with E-state index in [0.717, 1.165) is 16.9 Å². The molecule has 1 aromatic carbocycles. The van der Waals surface area contributed by atoms with Crippen LogP contribution in [0.4, 0.5) is 0 Å². The lowest BCUT2D eigenvalue weighted by atomic mass is 10.0. The van der Waals surface area contributed by atoms with Gasteiger partial charge in [-0.1, -0.05) is 49.7 Å². The lowest BCUT2D eigenvalue weighted by Gasteiger charge is -2.05. The van der Waals surface area contributed by atoms with Crippen LogP contribution >= 0.6 is 22.9 Å². The number of hydrogen-bond donors (Lipinski definition) is 1. The number of aryl methyl sites for hydroxylation is 1. The van der Waals surface area contributed by atoms with Crippen LogP contribution in [0.25, 0.3) is 21.3 Å². The fraction of sp³-hybridized carbons (Fsp3) is 0.318. The van der Waals surface area contributed by atoms with Crippen LogP contribution in [0.3, 0.4) is 0 Å². The van der Waals surface area contributed by atoms with E-state index in [1.54, 1.807) is 13.0 Å². The number of nitrogens with zero attached hydrogens (tertiary/aromatic N) is 1. The molecular formula is C22H23ClN2O4S. The van der Waals surface area contributed by atoms with Crippen molar-refractivity contribution in [2.75, 3.05) is 20.3 Å². The van der Waals surface area contributed by atoms with Crippen LogP contribution in [0.5, 0.6) is 0 Å². The topological polar surface area (TPSA) is 81.3 Å². The van der Waals surface area contributed by atoms with E-state index in [2.05, 4.69) is 23.8 Å². The molecular weight excluding hydrogens is 424 g/mol. The average Bonchev–Trinajstić information content (AvgIpc) is 3.05. The summed E-state index contributed by atoms with van der Waals surface area (Å²) in [6, 6.07) is 8.03. The number of H-pyrrole nitrogens is 1. The van der Waals surface area contributed by atoms with E-state index >= 15 is 0 Å². The van der Waals surface area contributed by atoms with Gasteiger partial charge in [-0.2, -0.15) is 0 Å². The molecule has 0 aliphatic heterocycles. The Labute approximate surface area is 183 Å². The summed E-state index contributed by atoms with van der Waals surface area (Å²) in [5.41, 5.74) is 2.33. The molecule has 0 aliphatic rings. The zero-order chi connectivity index (χ0) is 21.8. The van der Waals surface area contributed by atoms with Crippen LogP contribution in [-0.4, -0.2) is 36.3 Å². The van der Waals surface area contributed by atoms with Crippen LogP contribution in [-0.2, 0) is 9.47 Å². The molecule has 1 N–H and O–H groups in total. The smallest absolute Gasteiger partial charge is 0.348 e. The molecule has 0 aliphatic carbocycles. The number of carbonyl (C=O) groups excluding carboxylic acids is 1. The van der Waals surface area contributed by atoms with E-state index in [4.69, 9.17) is 21.1 Å². The van der Waals surface area contributed by atoms with Crippen molar-refractivity contribution in [3.05, 3.63) is 62.0 Å². The maximum atomic E-state index is 12.6. The number of ether oxygens (including phenoxy) is 2. The monoisotopic (exact) mass is 446 g/mol. The van der Waals surface area contributed by atoms with Crippen LogP contribution in [0, 0.1) is 6.92 Å². The van der Waals surface area contributed by atoms with Crippen molar-refractivity contribution in [3.8, 4) is 0 Å². The van der Waals surface area contributed by atoms with Crippen LogP contribution in [0.1, 0.15) is 52.0 Å². The highest BCUT2D eigenvalue weighted by Gasteiger charge is 2.21. The van der Waals surface area contributed by atoms with E-state index in [1.807, 2.05) is 24.3 Å². The molecule has 0 unspecified atom stereocenters. The lowest BCUT2D eigenvalue weighted by Crippen LogP contribution is -2.11. The predicted molar refractivity (Wildman–Crippen MR) is 121 cm³/mol. The highest BCUT2D eigenvalue weighted by Crippen LogP contribution is 2.29. The zero-order valence-corrected chi connectivity index (χ0v) is 18.8. The van der Waals surface area contributed by atoms with Gasteiger partial charge in [0.15, 0.2) is 5.82 Å². The van der Waals surface area contributed by atoms with Gasteiger partial charge in [-0.25, -0.2) is 9.78 Å². The second kappa shape index (κ2) is 9.55.